The Bertz CT molecular complexity index is 1150. The molecule has 8 heteroatoms. The first-order valence-corrected chi connectivity index (χ1v) is 10.6. The van der Waals surface area contributed by atoms with Gasteiger partial charge in [-0.15, -0.1) is 0 Å². The first-order valence-electron chi connectivity index (χ1n) is 10.6. The van der Waals surface area contributed by atoms with Crippen molar-refractivity contribution < 1.29 is 19.4 Å². The molecule has 0 fully saturated rings. The molecule has 4 N–H and O–H groups in total. The lowest BCUT2D eigenvalue weighted by Gasteiger charge is -2.20. The number of aliphatic carboxylic acids is 1. The number of aliphatic imine (C=N–C) groups is 1. The molecule has 1 unspecified atom stereocenters. The maximum atomic E-state index is 12.8. The van der Waals surface area contributed by atoms with Gasteiger partial charge in [0, 0.05) is 17.8 Å². The van der Waals surface area contributed by atoms with E-state index in [-0.39, 0.29) is 12.3 Å². The highest BCUT2D eigenvalue weighted by Gasteiger charge is 2.19. The fourth-order valence-corrected chi connectivity index (χ4v) is 3.40. The minimum atomic E-state index is -0.974. The van der Waals surface area contributed by atoms with E-state index in [0.29, 0.717) is 23.0 Å². The highest BCUT2D eigenvalue weighted by Crippen LogP contribution is 2.31. The number of hydrogen-bond donors (Lipinski definition) is 4. The van der Waals surface area contributed by atoms with Crippen molar-refractivity contribution in [1.29, 1.82) is 0 Å². The average Bonchev–Trinajstić information content (AvgIpc) is 3.34. The van der Waals surface area contributed by atoms with Crippen LogP contribution >= 0.6 is 0 Å². The summed E-state index contributed by atoms with van der Waals surface area (Å²) in [6, 6.07) is 23.2. The maximum Gasteiger partial charge on any atom is 0.307 e. The zero-order chi connectivity index (χ0) is 23.0. The molecule has 33 heavy (non-hydrogen) atoms. The van der Waals surface area contributed by atoms with Gasteiger partial charge in [0.25, 0.3) is 5.91 Å². The van der Waals surface area contributed by atoms with Crippen LogP contribution in [-0.4, -0.2) is 36.0 Å². The van der Waals surface area contributed by atoms with Crippen molar-refractivity contribution in [3.05, 3.63) is 90.0 Å². The second kappa shape index (κ2) is 10.3. The lowest BCUT2D eigenvalue weighted by atomic mass is 10.1. The van der Waals surface area contributed by atoms with E-state index in [0.717, 1.165) is 24.3 Å². The summed E-state index contributed by atoms with van der Waals surface area (Å²) >= 11 is 0. The number of nitrogens with zero attached hydrogens (tertiary/aromatic N) is 1. The number of para-hydroxylation sites is 2. The van der Waals surface area contributed by atoms with Crippen molar-refractivity contribution in [2.75, 3.05) is 23.7 Å². The molecule has 1 heterocycles. The Morgan fingerprint density at radius 3 is 2.42 bits per heavy atom. The zero-order valence-corrected chi connectivity index (χ0v) is 17.8. The first-order chi connectivity index (χ1) is 16.1. The molecule has 1 amide bonds. The number of rotatable bonds is 8. The standard InChI is InChI=1S/C25H24N4O4/c30-23(31)16-22(17-6-2-1-3-7-17)33-21-9-5-4-8-20(21)29-24(32)18-10-12-19(13-11-18)28-25-26-14-15-27-25/h1-13,22H,14-16H2,(H,29,32)(H,30,31)(H2,26,27,28). The third-order valence-corrected chi connectivity index (χ3v) is 5.02. The molecule has 168 valence electrons. The van der Waals surface area contributed by atoms with E-state index >= 15 is 0 Å². The van der Waals surface area contributed by atoms with Crippen LogP contribution in [0.4, 0.5) is 11.4 Å². The molecule has 0 aromatic heterocycles. The van der Waals surface area contributed by atoms with Crippen LogP contribution in [0.15, 0.2) is 83.9 Å². The predicted octanol–water partition coefficient (Wildman–Crippen LogP) is 3.90. The fourth-order valence-electron chi connectivity index (χ4n) is 3.40. The predicted molar refractivity (Wildman–Crippen MR) is 127 cm³/mol. The second-order valence-corrected chi connectivity index (χ2v) is 7.42. The van der Waals surface area contributed by atoms with Crippen LogP contribution < -0.4 is 20.7 Å². The van der Waals surface area contributed by atoms with Crippen molar-refractivity contribution in [3.63, 3.8) is 0 Å². The number of amides is 1. The Morgan fingerprint density at radius 1 is 1.00 bits per heavy atom. The summed E-state index contributed by atoms with van der Waals surface area (Å²) in [6.45, 7) is 1.55. The summed E-state index contributed by atoms with van der Waals surface area (Å²) in [6.07, 6.45) is -0.903. The van der Waals surface area contributed by atoms with Gasteiger partial charge in [0.2, 0.25) is 0 Å². The van der Waals surface area contributed by atoms with Gasteiger partial charge in [-0.1, -0.05) is 42.5 Å². The second-order valence-electron chi connectivity index (χ2n) is 7.42. The summed E-state index contributed by atoms with van der Waals surface area (Å²) in [5.41, 5.74) is 2.50. The Morgan fingerprint density at radius 2 is 1.73 bits per heavy atom. The SMILES string of the molecule is O=C(O)CC(Oc1ccccc1NC(=O)c1ccc(NC2=NCCN2)cc1)c1ccccc1. The van der Waals surface area contributed by atoms with Crippen LogP contribution in [0.1, 0.15) is 28.4 Å². The van der Waals surface area contributed by atoms with Gasteiger partial charge in [-0.25, -0.2) is 0 Å². The molecular weight excluding hydrogens is 420 g/mol. The Kier molecular flexibility index (Phi) is 6.84. The summed E-state index contributed by atoms with van der Waals surface area (Å²) in [4.78, 5) is 28.5. The summed E-state index contributed by atoms with van der Waals surface area (Å²) in [7, 11) is 0. The van der Waals surface area contributed by atoms with Crippen molar-refractivity contribution >= 4 is 29.2 Å². The summed E-state index contributed by atoms with van der Waals surface area (Å²) in [5, 5.41) is 18.5. The number of benzene rings is 3. The van der Waals surface area contributed by atoms with E-state index in [9.17, 15) is 14.7 Å². The van der Waals surface area contributed by atoms with Gasteiger partial charge in [-0.2, -0.15) is 0 Å². The number of anilines is 2. The highest BCUT2D eigenvalue weighted by molar-refractivity contribution is 6.05. The molecule has 0 aliphatic carbocycles. The van der Waals surface area contributed by atoms with Gasteiger partial charge in [-0.3, -0.25) is 14.6 Å². The largest absolute Gasteiger partial charge is 0.483 e. The minimum absolute atomic E-state index is 0.207. The number of nitrogens with one attached hydrogen (secondary N) is 3. The first kappa shape index (κ1) is 21.9. The molecule has 0 bridgehead atoms. The molecule has 0 spiro atoms. The third kappa shape index (κ3) is 5.88. The molecule has 3 aromatic rings. The van der Waals surface area contributed by atoms with Crippen molar-refractivity contribution in [1.82, 2.24) is 5.32 Å². The van der Waals surface area contributed by atoms with Crippen molar-refractivity contribution in [2.45, 2.75) is 12.5 Å². The van der Waals surface area contributed by atoms with Gasteiger partial charge in [0.1, 0.15) is 11.9 Å². The molecular formula is C25H24N4O4. The molecule has 0 radical (unpaired) electrons. The molecule has 1 aliphatic rings. The van der Waals surface area contributed by atoms with Crippen LogP contribution in [-0.2, 0) is 4.79 Å². The molecule has 4 rings (SSSR count). The van der Waals surface area contributed by atoms with Gasteiger partial charge in [0.15, 0.2) is 5.96 Å². The van der Waals surface area contributed by atoms with E-state index in [2.05, 4.69) is 20.9 Å². The molecule has 1 atom stereocenters. The van der Waals surface area contributed by atoms with Gasteiger partial charge in [-0.05, 0) is 42.0 Å². The molecule has 8 nitrogen and oxygen atoms in total. The van der Waals surface area contributed by atoms with Crippen molar-refractivity contribution in [3.8, 4) is 5.75 Å². The Labute approximate surface area is 191 Å². The molecule has 0 saturated heterocycles. The minimum Gasteiger partial charge on any atom is -0.483 e. The topological polar surface area (TPSA) is 112 Å². The highest BCUT2D eigenvalue weighted by atomic mass is 16.5. The van der Waals surface area contributed by atoms with Gasteiger partial charge < -0.3 is 25.8 Å². The van der Waals surface area contributed by atoms with Crippen LogP contribution in [0.2, 0.25) is 0 Å². The Hall–Kier alpha value is -4.33. The lowest BCUT2D eigenvalue weighted by molar-refractivity contribution is -0.138. The number of hydrogen-bond acceptors (Lipinski definition) is 6. The normalized spacial score (nSPS) is 13.4. The van der Waals surface area contributed by atoms with Crippen LogP contribution in [0.5, 0.6) is 5.75 Å². The van der Waals surface area contributed by atoms with Crippen LogP contribution in [0.3, 0.4) is 0 Å². The lowest BCUT2D eigenvalue weighted by Crippen LogP contribution is -2.26. The number of guanidine groups is 1. The van der Waals surface area contributed by atoms with E-state index in [1.54, 1.807) is 48.5 Å². The Balaban J connectivity index is 1.47. The van der Waals surface area contributed by atoms with E-state index in [1.165, 1.54) is 0 Å². The number of ether oxygens (including phenoxy) is 1. The number of carboxylic acid groups (broad SMARTS) is 1. The summed E-state index contributed by atoms with van der Waals surface area (Å²) in [5.74, 6) is -0.168. The van der Waals surface area contributed by atoms with Crippen LogP contribution in [0.25, 0.3) is 0 Å². The van der Waals surface area contributed by atoms with E-state index in [4.69, 9.17) is 4.74 Å². The molecule has 3 aromatic carbocycles. The molecule has 0 saturated carbocycles. The van der Waals surface area contributed by atoms with Gasteiger partial charge >= 0.3 is 5.97 Å². The smallest absolute Gasteiger partial charge is 0.307 e. The number of carbonyl (C=O) groups is 2. The molecule has 1 aliphatic heterocycles. The number of carbonyl (C=O) groups excluding carboxylic acids is 1. The fraction of sp³-hybridized carbons (Fsp3) is 0.160. The number of carboxylic acids is 1. The van der Waals surface area contributed by atoms with E-state index in [1.807, 2.05) is 30.3 Å². The van der Waals surface area contributed by atoms with Gasteiger partial charge in [0.05, 0.1) is 18.7 Å². The van der Waals surface area contributed by atoms with E-state index < -0.39 is 12.1 Å². The monoisotopic (exact) mass is 444 g/mol. The quantitative estimate of drug-likeness (QED) is 0.419. The van der Waals surface area contributed by atoms with Crippen LogP contribution in [0, 0.1) is 0 Å². The zero-order valence-electron chi connectivity index (χ0n) is 17.8. The van der Waals surface area contributed by atoms with Crippen molar-refractivity contribution in [2.24, 2.45) is 4.99 Å². The third-order valence-electron chi connectivity index (χ3n) is 5.02. The maximum absolute atomic E-state index is 12.8. The average molecular weight is 444 g/mol. The summed E-state index contributed by atoms with van der Waals surface area (Å²) < 4.78 is 6.05.